The van der Waals surface area contributed by atoms with E-state index in [9.17, 15) is 14.4 Å². The Morgan fingerprint density at radius 1 is 1.00 bits per heavy atom. The van der Waals surface area contributed by atoms with Crippen LogP contribution in [0.4, 0.5) is 5.69 Å². The minimum absolute atomic E-state index is 0.0179. The number of nitrogens with zero attached hydrogens (tertiary/aromatic N) is 2. The van der Waals surface area contributed by atoms with Crippen molar-refractivity contribution in [2.45, 2.75) is 6.54 Å². The maximum absolute atomic E-state index is 12.8. The first kappa shape index (κ1) is 20.1. The zero-order chi connectivity index (χ0) is 21.1. The quantitative estimate of drug-likeness (QED) is 0.719. The van der Waals surface area contributed by atoms with Crippen LogP contribution in [0.3, 0.4) is 0 Å². The molecule has 30 heavy (non-hydrogen) atoms. The number of amides is 3. The molecule has 0 saturated carbocycles. The van der Waals surface area contributed by atoms with Crippen LogP contribution in [-0.2, 0) is 16.1 Å². The Balaban J connectivity index is 1.50. The van der Waals surface area contributed by atoms with Crippen LogP contribution >= 0.6 is 11.6 Å². The molecule has 2 heterocycles. The summed E-state index contributed by atoms with van der Waals surface area (Å²) in [6.07, 6.45) is 0. The molecule has 1 fully saturated rings. The lowest BCUT2D eigenvalue weighted by Gasteiger charge is -2.27. The van der Waals surface area contributed by atoms with Gasteiger partial charge >= 0.3 is 0 Å². The molecular weight excluding hydrogens is 404 g/mol. The molecule has 2 N–H and O–H groups in total. The van der Waals surface area contributed by atoms with E-state index in [1.165, 1.54) is 0 Å². The Kier molecular flexibility index (Phi) is 5.83. The summed E-state index contributed by atoms with van der Waals surface area (Å²) in [6.45, 7) is 2.96. The molecule has 2 aromatic rings. The fraction of sp³-hybridized carbons (Fsp3) is 0.227. The van der Waals surface area contributed by atoms with Crippen molar-refractivity contribution in [3.63, 3.8) is 0 Å². The topological polar surface area (TPSA) is 81.8 Å². The van der Waals surface area contributed by atoms with Crippen LogP contribution in [-0.4, -0.2) is 53.7 Å². The van der Waals surface area contributed by atoms with Gasteiger partial charge in [0, 0.05) is 37.4 Å². The van der Waals surface area contributed by atoms with Gasteiger partial charge in [0.25, 0.3) is 17.7 Å². The van der Waals surface area contributed by atoms with Gasteiger partial charge in [-0.25, -0.2) is 0 Å². The first-order chi connectivity index (χ1) is 14.5. The van der Waals surface area contributed by atoms with Crippen molar-refractivity contribution in [3.8, 4) is 0 Å². The monoisotopic (exact) mass is 424 g/mol. The number of piperazine rings is 1. The van der Waals surface area contributed by atoms with E-state index >= 15 is 0 Å². The molecule has 0 radical (unpaired) electrons. The molecule has 0 aliphatic carbocycles. The van der Waals surface area contributed by atoms with Crippen molar-refractivity contribution in [2.24, 2.45) is 0 Å². The third kappa shape index (κ3) is 4.08. The molecule has 0 unspecified atom stereocenters. The molecule has 0 aromatic heterocycles. The van der Waals surface area contributed by atoms with Gasteiger partial charge in [0.15, 0.2) is 0 Å². The molecule has 8 heteroatoms. The third-order valence-electron chi connectivity index (χ3n) is 5.08. The molecule has 0 atom stereocenters. The fourth-order valence-electron chi connectivity index (χ4n) is 3.49. The average Bonchev–Trinajstić information content (AvgIpc) is 2.98. The van der Waals surface area contributed by atoms with Crippen molar-refractivity contribution >= 4 is 35.0 Å². The number of nitrogens with one attached hydrogen (secondary N) is 2. The van der Waals surface area contributed by atoms with E-state index in [1.54, 1.807) is 29.2 Å². The second kappa shape index (κ2) is 8.69. The molecule has 0 spiro atoms. The Bertz CT molecular complexity index is 1020. The lowest BCUT2D eigenvalue weighted by molar-refractivity contribution is -0.138. The van der Waals surface area contributed by atoms with Crippen LogP contribution in [0, 0.1) is 0 Å². The predicted molar refractivity (Wildman–Crippen MR) is 114 cm³/mol. The molecule has 1 saturated heterocycles. The third-order valence-corrected chi connectivity index (χ3v) is 5.43. The van der Waals surface area contributed by atoms with Crippen LogP contribution < -0.4 is 10.6 Å². The van der Waals surface area contributed by atoms with Gasteiger partial charge in [-0.3, -0.25) is 19.3 Å². The highest BCUT2D eigenvalue weighted by Crippen LogP contribution is 2.27. The lowest BCUT2D eigenvalue weighted by atomic mass is 10.1. The summed E-state index contributed by atoms with van der Waals surface area (Å²) in [7, 11) is 0. The second-order valence-corrected chi connectivity index (χ2v) is 7.50. The first-order valence-electron chi connectivity index (χ1n) is 9.71. The normalized spacial score (nSPS) is 17.0. The number of anilines is 1. The van der Waals surface area contributed by atoms with Crippen LogP contribution in [0.2, 0.25) is 0 Å². The number of halogens is 1. The van der Waals surface area contributed by atoms with Crippen LogP contribution in [0.1, 0.15) is 15.9 Å². The summed E-state index contributed by atoms with van der Waals surface area (Å²) in [5.74, 6) is -1.10. The largest absolute Gasteiger partial charge is 0.350 e. The summed E-state index contributed by atoms with van der Waals surface area (Å²) in [5, 5.41) is 5.99. The van der Waals surface area contributed by atoms with Gasteiger partial charge in [-0.05, 0) is 23.8 Å². The number of benzene rings is 2. The number of hydrogen-bond donors (Lipinski definition) is 2. The van der Waals surface area contributed by atoms with Crippen molar-refractivity contribution < 1.29 is 14.4 Å². The lowest BCUT2D eigenvalue weighted by Crippen LogP contribution is -2.46. The Labute approximate surface area is 179 Å². The summed E-state index contributed by atoms with van der Waals surface area (Å²) >= 11 is 6.18. The Morgan fingerprint density at radius 3 is 2.47 bits per heavy atom. The Hall–Kier alpha value is -3.16. The second-order valence-electron chi connectivity index (χ2n) is 7.12. The SMILES string of the molecule is O=C(c1cccc(NC2=C(Cl)C(=O)N(Cc3ccccc3)C2=O)c1)N1CCNCC1. The van der Waals surface area contributed by atoms with Gasteiger partial charge in [-0.2, -0.15) is 0 Å². The molecule has 154 valence electrons. The summed E-state index contributed by atoms with van der Waals surface area (Å²) in [4.78, 5) is 41.0. The van der Waals surface area contributed by atoms with Gasteiger partial charge in [0.2, 0.25) is 0 Å². The van der Waals surface area contributed by atoms with Gasteiger partial charge in [-0.1, -0.05) is 48.0 Å². The molecule has 2 aliphatic rings. The van der Waals surface area contributed by atoms with Crippen molar-refractivity contribution in [1.82, 2.24) is 15.1 Å². The van der Waals surface area contributed by atoms with Crippen LogP contribution in [0.15, 0.2) is 65.3 Å². The zero-order valence-corrected chi connectivity index (χ0v) is 17.0. The number of rotatable bonds is 5. The van der Waals surface area contributed by atoms with E-state index in [0.717, 1.165) is 23.6 Å². The minimum Gasteiger partial charge on any atom is -0.350 e. The van der Waals surface area contributed by atoms with Crippen molar-refractivity contribution in [2.75, 3.05) is 31.5 Å². The van der Waals surface area contributed by atoms with Crippen molar-refractivity contribution in [3.05, 3.63) is 76.5 Å². The van der Waals surface area contributed by atoms with Gasteiger partial charge in [-0.15, -0.1) is 0 Å². The standard InChI is InChI=1S/C22H21ClN4O3/c23-18-19(22(30)27(21(18)29)14-15-5-2-1-3-6-15)25-17-8-4-7-16(13-17)20(28)26-11-9-24-10-12-26/h1-8,13,24-25H,9-12,14H2. The fourth-order valence-corrected chi connectivity index (χ4v) is 3.72. The van der Waals surface area contributed by atoms with Crippen molar-refractivity contribution in [1.29, 1.82) is 0 Å². The molecule has 7 nitrogen and oxygen atoms in total. The first-order valence-corrected chi connectivity index (χ1v) is 10.1. The smallest absolute Gasteiger partial charge is 0.279 e. The molecule has 4 rings (SSSR count). The summed E-state index contributed by atoms with van der Waals surface area (Å²) < 4.78 is 0. The van der Waals surface area contributed by atoms with Crippen LogP contribution in [0.25, 0.3) is 0 Å². The van der Waals surface area contributed by atoms with E-state index in [0.29, 0.717) is 24.3 Å². The molecule has 3 amide bonds. The number of hydrogen-bond acceptors (Lipinski definition) is 5. The van der Waals surface area contributed by atoms with Gasteiger partial charge in [0.1, 0.15) is 10.7 Å². The molecular formula is C22H21ClN4O3. The van der Waals surface area contributed by atoms with Gasteiger partial charge < -0.3 is 15.5 Å². The van der Waals surface area contributed by atoms with E-state index < -0.39 is 11.8 Å². The Morgan fingerprint density at radius 2 is 1.73 bits per heavy atom. The summed E-state index contributed by atoms with van der Waals surface area (Å²) in [6, 6.07) is 16.1. The van der Waals surface area contributed by atoms with E-state index in [1.807, 2.05) is 30.3 Å². The van der Waals surface area contributed by atoms with E-state index in [-0.39, 0.29) is 23.2 Å². The zero-order valence-electron chi connectivity index (χ0n) is 16.2. The van der Waals surface area contributed by atoms with E-state index in [4.69, 9.17) is 11.6 Å². The maximum Gasteiger partial charge on any atom is 0.279 e. The highest BCUT2D eigenvalue weighted by atomic mass is 35.5. The van der Waals surface area contributed by atoms with Gasteiger partial charge in [0.05, 0.1) is 6.54 Å². The summed E-state index contributed by atoms with van der Waals surface area (Å²) in [5.41, 5.74) is 1.88. The maximum atomic E-state index is 12.8. The number of carbonyl (C=O) groups is 3. The van der Waals surface area contributed by atoms with E-state index in [2.05, 4.69) is 10.6 Å². The molecule has 2 aliphatic heterocycles. The van der Waals surface area contributed by atoms with Crippen LogP contribution in [0.5, 0.6) is 0 Å². The minimum atomic E-state index is -0.541. The molecule has 0 bridgehead atoms. The predicted octanol–water partition coefficient (Wildman–Crippen LogP) is 2.16. The highest BCUT2D eigenvalue weighted by Gasteiger charge is 2.37. The highest BCUT2D eigenvalue weighted by molar-refractivity contribution is 6.48. The molecule has 2 aromatic carbocycles. The number of carbonyl (C=O) groups excluding carboxylic acids is 3. The number of imide groups is 1. The average molecular weight is 425 g/mol.